The summed E-state index contributed by atoms with van der Waals surface area (Å²) in [4.78, 5) is 0. The molecule has 8 heavy (non-hydrogen) atoms. The minimum absolute atomic E-state index is 0.0694. The van der Waals surface area contributed by atoms with Crippen molar-refractivity contribution in [3.63, 3.8) is 0 Å². The average molecular weight is 120 g/mol. The fourth-order valence-electron chi connectivity index (χ4n) is 0.225. The van der Waals surface area contributed by atoms with E-state index in [2.05, 4.69) is 4.58 Å². The van der Waals surface area contributed by atoms with Crippen LogP contribution in [0, 0.1) is 0 Å². The highest BCUT2D eigenvalue weighted by Crippen LogP contribution is 1.82. The summed E-state index contributed by atoms with van der Waals surface area (Å²) in [7, 11) is 0. The molecule has 0 aliphatic rings. The lowest BCUT2D eigenvalue weighted by Gasteiger charge is -1.95. The molecule has 0 bridgehead atoms. The van der Waals surface area contributed by atoms with Gasteiger partial charge >= 0.3 is 6.29 Å². The molecule has 0 saturated carbocycles. The van der Waals surface area contributed by atoms with Crippen LogP contribution in [-0.2, 0) is 4.58 Å². The van der Waals surface area contributed by atoms with Crippen molar-refractivity contribution in [1.82, 2.24) is 0 Å². The molecule has 0 aliphatic heterocycles. The van der Waals surface area contributed by atoms with Crippen molar-refractivity contribution >= 4 is 6.29 Å². The average Bonchev–Trinajstić information content (AvgIpc) is 1.83. The first-order valence-electron chi connectivity index (χ1n) is 2.20. The number of hydrogen-bond acceptors (Lipinski definition) is 3. The Morgan fingerprint density at radius 1 is 1.75 bits per heavy atom. The number of aldehydes is 1. The van der Waals surface area contributed by atoms with Crippen LogP contribution in [0.25, 0.3) is 0 Å². The van der Waals surface area contributed by atoms with E-state index in [0.29, 0.717) is 0 Å². The van der Waals surface area contributed by atoms with Gasteiger partial charge in [0.05, 0.1) is 19.1 Å². The number of aliphatic hydroxyl groups excluding tert-OH is 2. The van der Waals surface area contributed by atoms with Crippen molar-refractivity contribution in [2.45, 2.75) is 12.5 Å². The summed E-state index contributed by atoms with van der Waals surface area (Å²) in [5, 5.41) is 25.8. The Labute approximate surface area is 46.6 Å². The highest BCUT2D eigenvalue weighted by Gasteiger charge is 2.00. The maximum atomic E-state index is 9.20. The van der Waals surface area contributed by atoms with Crippen LogP contribution in [0.5, 0.6) is 0 Å². The van der Waals surface area contributed by atoms with Crippen LogP contribution in [-0.4, -0.2) is 29.2 Å². The monoisotopic (exact) mass is 120 g/mol. The van der Waals surface area contributed by atoms with Crippen molar-refractivity contribution in [2.75, 3.05) is 6.61 Å². The van der Waals surface area contributed by atoms with Gasteiger partial charge in [0.1, 0.15) is 0 Å². The Balaban J connectivity index is 3.10. The first-order chi connectivity index (χ1) is 3.81. The Bertz CT molecular complexity index is 70.4. The second-order valence-corrected chi connectivity index (χ2v) is 1.33. The van der Waals surface area contributed by atoms with E-state index in [1.54, 1.807) is 0 Å². The van der Waals surface area contributed by atoms with Crippen LogP contribution in [0.1, 0.15) is 6.42 Å². The quantitative estimate of drug-likeness (QED) is 0.191. The van der Waals surface area contributed by atoms with Crippen molar-refractivity contribution in [3.8, 4) is 0 Å². The van der Waals surface area contributed by atoms with Crippen LogP contribution in [0.4, 0.5) is 0 Å². The topological polar surface area (TPSA) is 74.8 Å². The van der Waals surface area contributed by atoms with E-state index >= 15 is 0 Å². The zero-order valence-electron chi connectivity index (χ0n) is 4.28. The molecule has 0 amide bonds. The molecule has 0 aromatic rings. The van der Waals surface area contributed by atoms with E-state index in [-0.39, 0.29) is 13.0 Å². The standard InChI is InChI=1S/C4H8O4/c5-3-4(6)1-2-8-7/h2,4-6H,1,3H2. The largest absolute Gasteiger partial charge is 0.463 e. The molecule has 1 unspecified atom stereocenters. The summed E-state index contributed by atoms with van der Waals surface area (Å²) in [6.45, 7) is -0.347. The van der Waals surface area contributed by atoms with Gasteiger partial charge in [-0.1, -0.05) is 0 Å². The van der Waals surface area contributed by atoms with Crippen molar-refractivity contribution in [3.05, 3.63) is 0 Å². The van der Waals surface area contributed by atoms with Gasteiger partial charge in [0, 0.05) is 0 Å². The molecular formula is C4H8O4. The lowest BCUT2D eigenvalue weighted by molar-refractivity contribution is -1.04. The summed E-state index contributed by atoms with van der Waals surface area (Å²) in [5.74, 6) is 0. The minimum atomic E-state index is -0.871. The van der Waals surface area contributed by atoms with Crippen LogP contribution in [0.15, 0.2) is 0 Å². The summed E-state index contributed by atoms with van der Waals surface area (Å²) >= 11 is 0. The minimum Gasteiger partial charge on any atom is -0.463 e. The predicted molar refractivity (Wildman–Crippen MR) is 23.8 cm³/mol. The molecule has 4 heteroatoms. The number of rotatable bonds is 3. The number of aliphatic hydroxyl groups is 2. The van der Waals surface area contributed by atoms with Gasteiger partial charge in [-0.3, -0.25) is 0 Å². The third-order valence-electron chi connectivity index (χ3n) is 0.647. The van der Waals surface area contributed by atoms with Crippen molar-refractivity contribution < 1.29 is 20.0 Å². The SMILES string of the molecule is [O-][O+]=CCC(O)CO. The Morgan fingerprint density at radius 2 is 2.38 bits per heavy atom. The van der Waals surface area contributed by atoms with Gasteiger partial charge in [0.2, 0.25) is 0 Å². The maximum absolute atomic E-state index is 9.20. The maximum Gasteiger partial charge on any atom is 0.321 e. The van der Waals surface area contributed by atoms with Gasteiger partial charge in [-0.05, 0) is 0 Å². The van der Waals surface area contributed by atoms with Crippen LogP contribution >= 0.6 is 0 Å². The molecular weight excluding hydrogens is 112 g/mol. The van der Waals surface area contributed by atoms with Crippen LogP contribution in [0.3, 0.4) is 0 Å². The molecule has 0 aromatic carbocycles. The molecule has 0 fully saturated rings. The number of carbonyl (C=O) groups excluding carboxylic acids is 1. The fourth-order valence-corrected chi connectivity index (χ4v) is 0.225. The molecule has 0 heterocycles. The van der Waals surface area contributed by atoms with Gasteiger partial charge in [-0.25, -0.2) is 0 Å². The molecule has 4 nitrogen and oxygen atoms in total. The van der Waals surface area contributed by atoms with E-state index in [4.69, 9.17) is 10.2 Å². The first kappa shape index (κ1) is 7.39. The lowest BCUT2D eigenvalue weighted by Crippen LogP contribution is -2.13. The molecule has 1 atom stereocenters. The van der Waals surface area contributed by atoms with Gasteiger partial charge in [0.15, 0.2) is 0 Å². The van der Waals surface area contributed by atoms with E-state index in [1.807, 2.05) is 0 Å². The van der Waals surface area contributed by atoms with Gasteiger partial charge in [-0.2, -0.15) is 4.58 Å². The second-order valence-electron chi connectivity index (χ2n) is 1.33. The Morgan fingerprint density at radius 3 is 2.75 bits per heavy atom. The van der Waals surface area contributed by atoms with Crippen molar-refractivity contribution in [1.29, 1.82) is 0 Å². The van der Waals surface area contributed by atoms with Crippen LogP contribution < -0.4 is 5.26 Å². The third-order valence-corrected chi connectivity index (χ3v) is 0.647. The second kappa shape index (κ2) is 4.55. The summed E-state index contributed by atoms with van der Waals surface area (Å²) < 4.78 is 3.27. The Hall–Kier alpha value is -0.610. The molecule has 48 valence electrons. The summed E-state index contributed by atoms with van der Waals surface area (Å²) in [6, 6.07) is 0. The van der Waals surface area contributed by atoms with Gasteiger partial charge in [-0.15, -0.1) is 0 Å². The predicted octanol–water partition coefficient (Wildman–Crippen LogP) is -2.26. The summed E-state index contributed by atoms with van der Waals surface area (Å²) in [6.07, 6.45) is 0.0879. The zero-order chi connectivity index (χ0) is 6.41. The molecule has 0 rings (SSSR count). The molecule has 0 spiro atoms. The molecule has 2 N–H and O–H groups in total. The fraction of sp³-hybridized carbons (Fsp3) is 0.750. The number of hydrogen-bond donors (Lipinski definition) is 2. The van der Waals surface area contributed by atoms with E-state index < -0.39 is 6.10 Å². The smallest absolute Gasteiger partial charge is 0.321 e. The highest BCUT2D eigenvalue weighted by atomic mass is 17.1. The van der Waals surface area contributed by atoms with E-state index in [1.165, 1.54) is 0 Å². The van der Waals surface area contributed by atoms with Crippen molar-refractivity contribution in [2.24, 2.45) is 0 Å². The molecule has 0 aliphatic carbocycles. The summed E-state index contributed by atoms with van der Waals surface area (Å²) in [5.41, 5.74) is 0. The lowest BCUT2D eigenvalue weighted by atomic mass is 10.3. The normalized spacial score (nSPS) is 14.8. The zero-order valence-corrected chi connectivity index (χ0v) is 4.28. The highest BCUT2D eigenvalue weighted by molar-refractivity contribution is 5.50. The Kier molecular flexibility index (Phi) is 4.20. The molecule has 0 aromatic heterocycles. The van der Waals surface area contributed by atoms with Gasteiger partial charge < -0.3 is 15.5 Å². The van der Waals surface area contributed by atoms with E-state index in [0.717, 1.165) is 6.29 Å². The first-order valence-corrected chi connectivity index (χ1v) is 2.20. The van der Waals surface area contributed by atoms with Gasteiger partial charge in [0.25, 0.3) is 0 Å². The van der Waals surface area contributed by atoms with Crippen LogP contribution in [0.2, 0.25) is 0 Å². The third kappa shape index (κ3) is 3.58. The molecule has 0 radical (unpaired) electrons. The van der Waals surface area contributed by atoms with E-state index in [9.17, 15) is 5.26 Å². The molecule has 0 saturated heterocycles.